The first-order valence-corrected chi connectivity index (χ1v) is 11.6. The zero-order valence-corrected chi connectivity index (χ0v) is 17.8. The summed E-state index contributed by atoms with van der Waals surface area (Å²) in [4.78, 5) is 24.7. The van der Waals surface area contributed by atoms with Crippen molar-refractivity contribution >= 4 is 49.1 Å². The number of nitrogens with one attached hydrogen (secondary N) is 3. The molecule has 2 amide bonds. The normalized spacial score (nSPS) is 16.3. The van der Waals surface area contributed by atoms with Crippen molar-refractivity contribution < 1.29 is 18.0 Å². The molecule has 2 fully saturated rings. The smallest absolute Gasteiger partial charge is 0.256 e. The SMILES string of the molecule is O=C(Nc1cccc(NC(=O)C2CC2)c1)c1cc(S(=O)(=O)NC2CC2)ccc1Br. The van der Waals surface area contributed by atoms with Gasteiger partial charge in [-0.05, 0) is 78.0 Å². The third-order valence-corrected chi connectivity index (χ3v) is 6.94. The minimum atomic E-state index is -3.66. The highest BCUT2D eigenvalue weighted by Crippen LogP contribution is 2.30. The summed E-state index contributed by atoms with van der Waals surface area (Å²) in [5.74, 6) is -0.388. The monoisotopic (exact) mass is 477 g/mol. The molecule has 0 aromatic heterocycles. The summed E-state index contributed by atoms with van der Waals surface area (Å²) in [5, 5.41) is 5.59. The Morgan fingerprint density at radius 1 is 0.931 bits per heavy atom. The fourth-order valence-corrected chi connectivity index (χ4v) is 4.55. The summed E-state index contributed by atoms with van der Waals surface area (Å²) in [5.41, 5.74) is 1.31. The number of hydrogen-bond donors (Lipinski definition) is 3. The zero-order valence-electron chi connectivity index (χ0n) is 15.4. The molecule has 0 spiro atoms. The van der Waals surface area contributed by atoms with E-state index in [1.54, 1.807) is 30.3 Å². The fraction of sp³-hybridized carbons (Fsp3) is 0.300. The van der Waals surface area contributed by atoms with Gasteiger partial charge in [0.25, 0.3) is 5.91 Å². The highest BCUT2D eigenvalue weighted by atomic mass is 79.9. The Kier molecular flexibility index (Phi) is 5.46. The van der Waals surface area contributed by atoms with Crippen LogP contribution in [0.4, 0.5) is 11.4 Å². The summed E-state index contributed by atoms with van der Waals surface area (Å²) in [6.45, 7) is 0. The second-order valence-corrected chi connectivity index (χ2v) is 9.90. The van der Waals surface area contributed by atoms with Crippen LogP contribution in [-0.4, -0.2) is 26.3 Å². The topological polar surface area (TPSA) is 104 Å². The van der Waals surface area contributed by atoms with E-state index in [2.05, 4.69) is 31.3 Å². The standard InChI is InChI=1S/C20H20BrN3O4S/c21-18-9-8-16(29(27,28)24-13-6-7-13)11-17(18)20(26)23-15-3-1-2-14(10-15)22-19(25)12-4-5-12/h1-3,8-13,24H,4-7H2,(H,22,25)(H,23,26). The maximum atomic E-state index is 12.8. The number of carbonyl (C=O) groups is 2. The molecule has 7 nitrogen and oxygen atoms in total. The quantitative estimate of drug-likeness (QED) is 0.567. The second-order valence-electron chi connectivity index (χ2n) is 7.34. The number of benzene rings is 2. The summed E-state index contributed by atoms with van der Waals surface area (Å²) in [6, 6.07) is 11.2. The molecule has 0 unspecified atom stereocenters. The summed E-state index contributed by atoms with van der Waals surface area (Å²) in [7, 11) is -3.66. The lowest BCUT2D eigenvalue weighted by Gasteiger charge is -2.11. The largest absolute Gasteiger partial charge is 0.326 e. The third kappa shape index (κ3) is 5.04. The second kappa shape index (κ2) is 7.89. The molecule has 0 aliphatic heterocycles. The van der Waals surface area contributed by atoms with E-state index >= 15 is 0 Å². The van der Waals surface area contributed by atoms with E-state index < -0.39 is 15.9 Å². The molecule has 4 rings (SSSR count). The molecule has 3 N–H and O–H groups in total. The molecule has 2 aromatic rings. The van der Waals surface area contributed by atoms with Crippen molar-refractivity contribution in [2.45, 2.75) is 36.6 Å². The molecule has 29 heavy (non-hydrogen) atoms. The summed E-state index contributed by atoms with van der Waals surface area (Å²) >= 11 is 3.31. The van der Waals surface area contributed by atoms with E-state index in [9.17, 15) is 18.0 Å². The Balaban J connectivity index is 1.50. The first-order chi connectivity index (χ1) is 13.8. The van der Waals surface area contributed by atoms with Crippen molar-refractivity contribution in [2.24, 2.45) is 5.92 Å². The van der Waals surface area contributed by atoms with Crippen LogP contribution in [0.1, 0.15) is 36.0 Å². The number of halogens is 1. The number of sulfonamides is 1. The molecule has 2 aliphatic rings. The van der Waals surface area contributed by atoms with Crippen LogP contribution in [0.25, 0.3) is 0 Å². The third-order valence-electron chi connectivity index (χ3n) is 4.73. The minimum absolute atomic E-state index is 0.0164. The minimum Gasteiger partial charge on any atom is -0.326 e. The lowest BCUT2D eigenvalue weighted by Crippen LogP contribution is -2.26. The van der Waals surface area contributed by atoms with E-state index in [0.29, 0.717) is 15.8 Å². The average molecular weight is 478 g/mol. The highest BCUT2D eigenvalue weighted by molar-refractivity contribution is 9.10. The maximum Gasteiger partial charge on any atom is 0.256 e. The average Bonchev–Trinajstić information content (AvgIpc) is 3.56. The van der Waals surface area contributed by atoms with Gasteiger partial charge >= 0.3 is 0 Å². The Bertz CT molecular complexity index is 1080. The van der Waals surface area contributed by atoms with Crippen LogP contribution in [0.15, 0.2) is 51.8 Å². The van der Waals surface area contributed by atoms with Gasteiger partial charge in [0.1, 0.15) is 0 Å². The van der Waals surface area contributed by atoms with E-state index in [-0.39, 0.29) is 28.3 Å². The lowest BCUT2D eigenvalue weighted by atomic mass is 10.2. The first kappa shape index (κ1) is 20.1. The lowest BCUT2D eigenvalue weighted by molar-refractivity contribution is -0.117. The van der Waals surface area contributed by atoms with Crippen LogP contribution < -0.4 is 15.4 Å². The summed E-state index contributed by atoms with van der Waals surface area (Å²) < 4.78 is 28.0. The van der Waals surface area contributed by atoms with Crippen molar-refractivity contribution in [1.29, 1.82) is 0 Å². The molecule has 0 heterocycles. The predicted octanol–water partition coefficient (Wildman–Crippen LogP) is 3.49. The van der Waals surface area contributed by atoms with Gasteiger partial charge in [-0.15, -0.1) is 0 Å². The van der Waals surface area contributed by atoms with E-state index in [4.69, 9.17) is 0 Å². The van der Waals surface area contributed by atoms with Crippen LogP contribution >= 0.6 is 15.9 Å². The van der Waals surface area contributed by atoms with Crippen molar-refractivity contribution in [1.82, 2.24) is 4.72 Å². The molecular formula is C20H20BrN3O4S. The van der Waals surface area contributed by atoms with Gasteiger partial charge in [0.2, 0.25) is 15.9 Å². The van der Waals surface area contributed by atoms with Crippen molar-refractivity contribution in [3.8, 4) is 0 Å². The fourth-order valence-electron chi connectivity index (χ4n) is 2.80. The molecule has 9 heteroatoms. The first-order valence-electron chi connectivity index (χ1n) is 9.36. The van der Waals surface area contributed by atoms with Crippen molar-refractivity contribution in [3.05, 3.63) is 52.5 Å². The van der Waals surface area contributed by atoms with Gasteiger partial charge in [-0.2, -0.15) is 0 Å². The predicted molar refractivity (Wildman–Crippen MR) is 113 cm³/mol. The summed E-state index contributed by atoms with van der Waals surface area (Å²) in [6.07, 6.45) is 3.48. The van der Waals surface area contributed by atoms with Crippen molar-refractivity contribution in [3.63, 3.8) is 0 Å². The number of anilines is 2. The Morgan fingerprint density at radius 2 is 1.62 bits per heavy atom. The van der Waals surface area contributed by atoms with Crippen LogP contribution in [0, 0.1) is 5.92 Å². The van der Waals surface area contributed by atoms with Gasteiger partial charge in [0.15, 0.2) is 0 Å². The number of rotatable bonds is 7. The Morgan fingerprint density at radius 3 is 2.28 bits per heavy atom. The van der Waals surface area contributed by atoms with Gasteiger partial charge in [-0.3, -0.25) is 9.59 Å². The van der Waals surface area contributed by atoms with Gasteiger partial charge in [-0.25, -0.2) is 13.1 Å². The molecule has 2 aromatic carbocycles. The van der Waals surface area contributed by atoms with Gasteiger partial charge in [0.05, 0.1) is 10.5 Å². The molecule has 0 saturated heterocycles. The van der Waals surface area contributed by atoms with E-state index in [0.717, 1.165) is 25.7 Å². The van der Waals surface area contributed by atoms with Crippen LogP contribution in [0.3, 0.4) is 0 Å². The molecule has 152 valence electrons. The Hall–Kier alpha value is -2.23. The van der Waals surface area contributed by atoms with Gasteiger partial charge < -0.3 is 10.6 Å². The maximum absolute atomic E-state index is 12.8. The number of carbonyl (C=O) groups excluding carboxylic acids is 2. The molecular weight excluding hydrogens is 458 g/mol. The zero-order chi connectivity index (χ0) is 20.6. The Labute approximate surface area is 177 Å². The molecule has 0 radical (unpaired) electrons. The molecule has 2 saturated carbocycles. The van der Waals surface area contributed by atoms with E-state index in [1.807, 2.05) is 0 Å². The van der Waals surface area contributed by atoms with Crippen LogP contribution in [0.2, 0.25) is 0 Å². The molecule has 0 bridgehead atoms. The molecule has 0 atom stereocenters. The highest BCUT2D eigenvalue weighted by Gasteiger charge is 2.30. The number of hydrogen-bond acceptors (Lipinski definition) is 4. The van der Waals surface area contributed by atoms with E-state index in [1.165, 1.54) is 12.1 Å². The molecule has 2 aliphatic carbocycles. The van der Waals surface area contributed by atoms with Crippen LogP contribution in [-0.2, 0) is 14.8 Å². The van der Waals surface area contributed by atoms with Crippen LogP contribution in [0.5, 0.6) is 0 Å². The van der Waals surface area contributed by atoms with Gasteiger partial charge in [0, 0.05) is 27.8 Å². The van der Waals surface area contributed by atoms with Gasteiger partial charge in [-0.1, -0.05) is 6.07 Å². The van der Waals surface area contributed by atoms with Crippen molar-refractivity contribution in [2.75, 3.05) is 10.6 Å². The number of amides is 2.